The fourth-order valence-corrected chi connectivity index (χ4v) is 4.41. The Balaban J connectivity index is 1.63. The standard InChI is InChI=1S/C16H19N3S/c17-13-6-3-7-14-15(13)20-16(18-14)19-9-8-11-4-1-2-5-12(11)10-19/h1-2,4-5,13H,3,6-10,17H2. The van der Waals surface area contributed by atoms with Crippen LogP contribution in [0.4, 0.5) is 5.13 Å². The second-order valence-corrected chi connectivity index (χ2v) is 6.76. The number of hydrogen-bond acceptors (Lipinski definition) is 4. The van der Waals surface area contributed by atoms with Gasteiger partial charge in [-0.2, -0.15) is 0 Å². The molecule has 104 valence electrons. The Bertz CT molecular complexity index is 634. The van der Waals surface area contributed by atoms with Gasteiger partial charge >= 0.3 is 0 Å². The zero-order chi connectivity index (χ0) is 13.5. The summed E-state index contributed by atoms with van der Waals surface area (Å²) in [5.41, 5.74) is 10.4. The molecule has 1 aliphatic carbocycles. The number of nitrogens with zero attached hydrogens (tertiary/aromatic N) is 2. The van der Waals surface area contributed by atoms with Gasteiger partial charge in [-0.3, -0.25) is 0 Å². The lowest BCUT2D eigenvalue weighted by atomic mass is 9.99. The Kier molecular flexibility index (Phi) is 3.00. The van der Waals surface area contributed by atoms with Crippen molar-refractivity contribution in [3.8, 4) is 0 Å². The molecular formula is C16H19N3S. The molecule has 4 heteroatoms. The summed E-state index contributed by atoms with van der Waals surface area (Å²) < 4.78 is 0. The maximum absolute atomic E-state index is 6.22. The van der Waals surface area contributed by atoms with E-state index in [1.807, 2.05) is 11.3 Å². The molecule has 0 saturated carbocycles. The van der Waals surface area contributed by atoms with E-state index in [1.165, 1.54) is 33.3 Å². The number of hydrogen-bond donors (Lipinski definition) is 1. The Morgan fingerprint density at radius 2 is 2.05 bits per heavy atom. The monoisotopic (exact) mass is 285 g/mol. The average molecular weight is 285 g/mol. The van der Waals surface area contributed by atoms with Crippen LogP contribution in [-0.2, 0) is 19.4 Å². The van der Waals surface area contributed by atoms with E-state index in [4.69, 9.17) is 10.7 Å². The first-order valence-electron chi connectivity index (χ1n) is 7.38. The zero-order valence-corrected chi connectivity index (χ0v) is 12.3. The summed E-state index contributed by atoms with van der Waals surface area (Å²) in [6.45, 7) is 2.05. The van der Waals surface area contributed by atoms with Crippen molar-refractivity contribution in [2.75, 3.05) is 11.4 Å². The van der Waals surface area contributed by atoms with Crippen LogP contribution in [0.25, 0.3) is 0 Å². The minimum absolute atomic E-state index is 0.210. The summed E-state index contributed by atoms with van der Waals surface area (Å²) in [6, 6.07) is 8.96. The first kappa shape index (κ1) is 12.4. The summed E-state index contributed by atoms with van der Waals surface area (Å²) in [6.07, 6.45) is 4.51. The molecule has 2 N–H and O–H groups in total. The number of nitrogens with two attached hydrogens (primary N) is 1. The van der Waals surface area contributed by atoms with Crippen LogP contribution in [0.1, 0.15) is 40.6 Å². The number of aromatic nitrogens is 1. The quantitative estimate of drug-likeness (QED) is 0.875. The van der Waals surface area contributed by atoms with Crippen LogP contribution in [0, 0.1) is 0 Å². The van der Waals surface area contributed by atoms with Gasteiger partial charge in [0.25, 0.3) is 0 Å². The number of thiazole rings is 1. The highest BCUT2D eigenvalue weighted by molar-refractivity contribution is 7.15. The summed E-state index contributed by atoms with van der Waals surface area (Å²) in [4.78, 5) is 8.60. The van der Waals surface area contributed by atoms with Crippen molar-refractivity contribution in [1.29, 1.82) is 0 Å². The summed E-state index contributed by atoms with van der Waals surface area (Å²) in [7, 11) is 0. The van der Waals surface area contributed by atoms with Crippen molar-refractivity contribution >= 4 is 16.5 Å². The minimum Gasteiger partial charge on any atom is -0.343 e. The fourth-order valence-electron chi connectivity index (χ4n) is 3.23. The first-order valence-corrected chi connectivity index (χ1v) is 8.20. The first-order chi connectivity index (χ1) is 9.81. The molecule has 2 aliphatic rings. The topological polar surface area (TPSA) is 42.1 Å². The number of rotatable bonds is 1. The predicted octanol–water partition coefficient (Wildman–Crippen LogP) is 3.04. The summed E-state index contributed by atoms with van der Waals surface area (Å²) in [5.74, 6) is 0. The smallest absolute Gasteiger partial charge is 0.186 e. The van der Waals surface area contributed by atoms with E-state index in [1.54, 1.807) is 0 Å². The van der Waals surface area contributed by atoms with Gasteiger partial charge in [0.1, 0.15) is 0 Å². The predicted molar refractivity (Wildman–Crippen MR) is 83.2 cm³/mol. The highest BCUT2D eigenvalue weighted by Crippen LogP contribution is 2.37. The molecular weight excluding hydrogens is 266 g/mol. The van der Waals surface area contributed by atoms with Gasteiger partial charge in [0.15, 0.2) is 5.13 Å². The third-order valence-corrected chi connectivity index (χ3v) is 5.67. The van der Waals surface area contributed by atoms with Gasteiger partial charge in [0.2, 0.25) is 0 Å². The van der Waals surface area contributed by atoms with Gasteiger partial charge in [0, 0.05) is 24.0 Å². The Hall–Kier alpha value is -1.39. The minimum atomic E-state index is 0.210. The van der Waals surface area contributed by atoms with Crippen molar-refractivity contribution in [3.05, 3.63) is 46.0 Å². The van der Waals surface area contributed by atoms with Crippen molar-refractivity contribution in [2.24, 2.45) is 5.73 Å². The lowest BCUT2D eigenvalue weighted by Gasteiger charge is -2.28. The molecule has 1 unspecified atom stereocenters. The summed E-state index contributed by atoms with van der Waals surface area (Å²) >= 11 is 1.81. The van der Waals surface area contributed by atoms with Gasteiger partial charge in [-0.05, 0) is 36.8 Å². The van der Waals surface area contributed by atoms with Gasteiger partial charge < -0.3 is 10.6 Å². The van der Waals surface area contributed by atoms with Crippen molar-refractivity contribution < 1.29 is 0 Å². The number of anilines is 1. The maximum atomic E-state index is 6.22. The molecule has 2 heterocycles. The Morgan fingerprint density at radius 1 is 1.20 bits per heavy atom. The van der Waals surface area contributed by atoms with E-state index >= 15 is 0 Å². The second kappa shape index (κ2) is 4.86. The zero-order valence-electron chi connectivity index (χ0n) is 11.5. The SMILES string of the molecule is NC1CCCc2nc(N3CCc4ccccc4C3)sc21. The van der Waals surface area contributed by atoms with Crippen LogP contribution in [0.3, 0.4) is 0 Å². The van der Waals surface area contributed by atoms with Crippen LogP contribution < -0.4 is 10.6 Å². The van der Waals surface area contributed by atoms with Gasteiger partial charge in [-0.25, -0.2) is 4.98 Å². The van der Waals surface area contributed by atoms with E-state index < -0.39 is 0 Å². The Morgan fingerprint density at radius 3 is 2.90 bits per heavy atom. The lowest BCUT2D eigenvalue weighted by molar-refractivity contribution is 0.573. The van der Waals surface area contributed by atoms with Crippen LogP contribution in [0.15, 0.2) is 24.3 Å². The molecule has 1 aliphatic heterocycles. The molecule has 0 saturated heterocycles. The van der Waals surface area contributed by atoms with Crippen LogP contribution in [0.2, 0.25) is 0 Å². The highest BCUT2D eigenvalue weighted by Gasteiger charge is 2.25. The maximum Gasteiger partial charge on any atom is 0.186 e. The van der Waals surface area contributed by atoms with E-state index in [0.717, 1.165) is 32.4 Å². The average Bonchev–Trinajstić information content (AvgIpc) is 2.92. The van der Waals surface area contributed by atoms with Crippen molar-refractivity contribution in [2.45, 2.75) is 38.3 Å². The molecule has 4 rings (SSSR count). The number of aryl methyl sites for hydroxylation is 1. The molecule has 0 radical (unpaired) electrons. The van der Waals surface area contributed by atoms with Crippen LogP contribution >= 0.6 is 11.3 Å². The van der Waals surface area contributed by atoms with Crippen LogP contribution in [0.5, 0.6) is 0 Å². The summed E-state index contributed by atoms with van der Waals surface area (Å²) in [5, 5.41) is 1.17. The number of fused-ring (bicyclic) bond motifs is 2. The third kappa shape index (κ3) is 2.03. The van der Waals surface area contributed by atoms with E-state index in [0.29, 0.717) is 0 Å². The highest BCUT2D eigenvalue weighted by atomic mass is 32.1. The molecule has 2 aromatic rings. The van der Waals surface area contributed by atoms with E-state index in [2.05, 4.69) is 29.2 Å². The van der Waals surface area contributed by atoms with Gasteiger partial charge in [-0.1, -0.05) is 35.6 Å². The molecule has 0 amide bonds. The van der Waals surface area contributed by atoms with Crippen molar-refractivity contribution in [3.63, 3.8) is 0 Å². The lowest BCUT2D eigenvalue weighted by Crippen LogP contribution is -2.30. The van der Waals surface area contributed by atoms with Crippen molar-refractivity contribution in [1.82, 2.24) is 4.98 Å². The van der Waals surface area contributed by atoms with E-state index in [-0.39, 0.29) is 6.04 Å². The second-order valence-electron chi connectivity index (χ2n) is 5.75. The molecule has 0 bridgehead atoms. The third-order valence-electron chi connectivity index (χ3n) is 4.38. The van der Waals surface area contributed by atoms with Crippen LogP contribution in [-0.4, -0.2) is 11.5 Å². The molecule has 1 aromatic heterocycles. The Labute approximate surface area is 123 Å². The number of benzene rings is 1. The molecule has 0 fully saturated rings. The fraction of sp³-hybridized carbons (Fsp3) is 0.438. The molecule has 3 nitrogen and oxygen atoms in total. The molecule has 20 heavy (non-hydrogen) atoms. The van der Waals surface area contributed by atoms with Gasteiger partial charge in [-0.15, -0.1) is 0 Å². The largest absolute Gasteiger partial charge is 0.343 e. The molecule has 0 spiro atoms. The van der Waals surface area contributed by atoms with Gasteiger partial charge in [0.05, 0.1) is 5.69 Å². The molecule has 1 aromatic carbocycles. The normalized spacial score (nSPS) is 21.4. The molecule has 1 atom stereocenters. The van der Waals surface area contributed by atoms with E-state index in [9.17, 15) is 0 Å².